The number of rotatable bonds is 7. The van der Waals surface area contributed by atoms with Crippen molar-refractivity contribution in [3.8, 4) is 0 Å². The predicted molar refractivity (Wildman–Crippen MR) is 64.0 cm³/mol. The van der Waals surface area contributed by atoms with Gasteiger partial charge in [0.2, 0.25) is 0 Å². The van der Waals surface area contributed by atoms with E-state index in [1.54, 1.807) is 0 Å². The Morgan fingerprint density at radius 2 is 1.21 bits per heavy atom. The minimum atomic E-state index is -2.52. The first kappa shape index (κ1) is 14.7. The van der Waals surface area contributed by atoms with Gasteiger partial charge in [0.05, 0.1) is 13.2 Å². The minimum absolute atomic E-state index is 0.324. The lowest BCUT2D eigenvalue weighted by molar-refractivity contribution is 0.294. The van der Waals surface area contributed by atoms with Gasteiger partial charge < -0.3 is 0 Å². The molecule has 0 fully saturated rings. The second-order valence-corrected chi connectivity index (χ2v) is 9.68. The first-order valence-electron chi connectivity index (χ1n) is 3.89. The molecule has 0 aromatic carbocycles. The van der Waals surface area contributed by atoms with Gasteiger partial charge in [-0.05, 0) is 12.8 Å². The van der Waals surface area contributed by atoms with Crippen molar-refractivity contribution < 1.29 is 16.8 Å². The lowest BCUT2D eigenvalue weighted by Gasteiger charge is -2.04. The Balaban J connectivity index is 3.41. The minimum Gasteiger partial charge on any atom is -0.290 e. The predicted octanol–water partition coefficient (Wildman–Crippen LogP) is 0.382. The van der Waals surface area contributed by atoms with E-state index in [0.29, 0.717) is 26.1 Å². The standard InChI is InChI=1S/C6H14O4S4/c1-13(7,11)9-5-3-4-6-10-14(2,8)12/h3-6H2,1-2H3. The van der Waals surface area contributed by atoms with E-state index in [1.807, 2.05) is 0 Å². The highest BCUT2D eigenvalue weighted by atomic mass is 32.8. The Morgan fingerprint density at radius 3 is 1.43 bits per heavy atom. The summed E-state index contributed by atoms with van der Waals surface area (Å²) in [5.74, 6) is 0. The molecule has 4 nitrogen and oxygen atoms in total. The highest BCUT2D eigenvalue weighted by Crippen LogP contribution is 1.97. The smallest absolute Gasteiger partial charge is 0.141 e. The van der Waals surface area contributed by atoms with Gasteiger partial charge in [0.15, 0.2) is 0 Å². The zero-order valence-electron chi connectivity index (χ0n) is 8.09. The van der Waals surface area contributed by atoms with E-state index in [0.717, 1.165) is 0 Å². The number of hydrogen-bond donors (Lipinski definition) is 0. The largest absolute Gasteiger partial charge is 0.290 e. The Bertz CT molecular complexity index is 306. The van der Waals surface area contributed by atoms with Crippen molar-refractivity contribution >= 4 is 39.9 Å². The fraction of sp³-hybridized carbons (Fsp3) is 1.00. The molecule has 0 radical (unpaired) electrons. The van der Waals surface area contributed by atoms with Crippen molar-refractivity contribution in [1.29, 1.82) is 0 Å². The first-order valence-corrected chi connectivity index (χ1v) is 9.53. The van der Waals surface area contributed by atoms with Gasteiger partial charge in [0.25, 0.3) is 0 Å². The van der Waals surface area contributed by atoms with Gasteiger partial charge in [-0.15, -0.1) is 0 Å². The lowest BCUT2D eigenvalue weighted by atomic mass is 10.3. The van der Waals surface area contributed by atoms with Crippen LogP contribution in [0.1, 0.15) is 12.8 Å². The Kier molecular flexibility index (Phi) is 6.58. The van der Waals surface area contributed by atoms with Crippen molar-refractivity contribution in [1.82, 2.24) is 0 Å². The molecule has 14 heavy (non-hydrogen) atoms. The zero-order chi connectivity index (χ0) is 11.2. The zero-order valence-corrected chi connectivity index (χ0v) is 11.4. The fourth-order valence-corrected chi connectivity index (χ4v) is 1.87. The molecule has 0 heterocycles. The molecule has 0 rings (SSSR count). The van der Waals surface area contributed by atoms with Crippen molar-refractivity contribution in [2.24, 2.45) is 0 Å². The van der Waals surface area contributed by atoms with Crippen LogP contribution < -0.4 is 0 Å². The van der Waals surface area contributed by atoms with Crippen LogP contribution in [0.5, 0.6) is 0 Å². The van der Waals surface area contributed by atoms with E-state index < -0.39 is 17.5 Å². The van der Waals surface area contributed by atoms with Gasteiger partial charge in [0, 0.05) is 34.9 Å². The van der Waals surface area contributed by atoms with Crippen LogP contribution in [0.2, 0.25) is 0 Å². The molecule has 86 valence electrons. The molecule has 0 aliphatic heterocycles. The third-order valence-corrected chi connectivity index (χ3v) is 2.90. The van der Waals surface area contributed by atoms with E-state index >= 15 is 0 Å². The van der Waals surface area contributed by atoms with Crippen molar-refractivity contribution in [2.75, 3.05) is 25.7 Å². The summed E-state index contributed by atoms with van der Waals surface area (Å²) in [6, 6.07) is 0. The summed E-state index contributed by atoms with van der Waals surface area (Å²) >= 11 is 9.07. The summed E-state index contributed by atoms with van der Waals surface area (Å²) in [5.41, 5.74) is 0. The quantitative estimate of drug-likeness (QED) is 0.628. The molecular weight excluding hydrogens is 264 g/mol. The molecule has 0 saturated heterocycles. The SMILES string of the molecule is CS(=O)(=S)OCCCCOS(C)(=O)=S. The highest BCUT2D eigenvalue weighted by Gasteiger charge is 1.99. The molecule has 2 unspecified atom stereocenters. The average molecular weight is 278 g/mol. The van der Waals surface area contributed by atoms with Gasteiger partial charge in [0.1, 0.15) is 17.5 Å². The molecule has 0 saturated carbocycles. The summed E-state index contributed by atoms with van der Waals surface area (Å²) in [4.78, 5) is 0. The molecule has 2 atom stereocenters. The van der Waals surface area contributed by atoms with Crippen LogP contribution in [0.15, 0.2) is 0 Å². The van der Waals surface area contributed by atoms with Crippen LogP contribution in [-0.2, 0) is 48.3 Å². The molecular formula is C6H14O4S4. The molecule has 0 aromatic rings. The van der Waals surface area contributed by atoms with E-state index in [2.05, 4.69) is 22.4 Å². The number of unbranched alkanes of at least 4 members (excludes halogenated alkanes) is 1. The van der Waals surface area contributed by atoms with Crippen LogP contribution in [0.25, 0.3) is 0 Å². The molecule has 0 aliphatic rings. The topological polar surface area (TPSA) is 52.6 Å². The summed E-state index contributed by atoms with van der Waals surface area (Å²) in [5, 5.41) is 0. The monoisotopic (exact) mass is 278 g/mol. The third-order valence-electron chi connectivity index (χ3n) is 1.13. The summed E-state index contributed by atoms with van der Waals surface area (Å²) in [6.45, 7) is 0.648. The Morgan fingerprint density at radius 1 is 0.929 bits per heavy atom. The van der Waals surface area contributed by atoms with Crippen LogP contribution in [0.3, 0.4) is 0 Å². The van der Waals surface area contributed by atoms with E-state index in [9.17, 15) is 8.42 Å². The second kappa shape index (κ2) is 6.29. The average Bonchev–Trinajstić information content (AvgIpc) is 1.92. The van der Waals surface area contributed by atoms with Gasteiger partial charge >= 0.3 is 0 Å². The molecule has 0 N–H and O–H groups in total. The van der Waals surface area contributed by atoms with Crippen molar-refractivity contribution in [3.05, 3.63) is 0 Å². The Hall–Kier alpha value is 0.660. The molecule has 0 spiro atoms. The summed E-state index contributed by atoms with van der Waals surface area (Å²) in [6.07, 6.45) is 4.04. The van der Waals surface area contributed by atoms with E-state index in [1.165, 1.54) is 12.5 Å². The maximum Gasteiger partial charge on any atom is 0.141 e. The molecule has 0 aliphatic carbocycles. The van der Waals surface area contributed by atoms with Gasteiger partial charge in [-0.25, -0.2) is 8.42 Å². The molecule has 0 bridgehead atoms. The Labute approximate surface area is 95.1 Å². The van der Waals surface area contributed by atoms with Crippen LogP contribution in [-0.4, -0.2) is 34.1 Å². The van der Waals surface area contributed by atoms with E-state index in [4.69, 9.17) is 8.37 Å². The van der Waals surface area contributed by atoms with Crippen molar-refractivity contribution in [2.45, 2.75) is 12.8 Å². The molecule has 0 amide bonds. The van der Waals surface area contributed by atoms with Crippen LogP contribution in [0, 0.1) is 0 Å². The van der Waals surface area contributed by atoms with Gasteiger partial charge in [-0.2, -0.15) is 0 Å². The molecule has 0 aromatic heterocycles. The lowest BCUT2D eigenvalue weighted by Crippen LogP contribution is -2.06. The first-order chi connectivity index (χ1) is 6.21. The van der Waals surface area contributed by atoms with E-state index in [-0.39, 0.29) is 0 Å². The van der Waals surface area contributed by atoms with Crippen molar-refractivity contribution in [3.63, 3.8) is 0 Å². The second-order valence-electron chi connectivity index (χ2n) is 2.76. The summed E-state index contributed by atoms with van der Waals surface area (Å²) < 4.78 is 31.5. The van der Waals surface area contributed by atoms with Crippen LogP contribution in [0.4, 0.5) is 0 Å². The normalized spacial score (nSPS) is 19.9. The van der Waals surface area contributed by atoms with Crippen LogP contribution >= 0.6 is 0 Å². The number of hydrogen-bond acceptors (Lipinski definition) is 6. The maximum absolute atomic E-state index is 10.9. The summed E-state index contributed by atoms with van der Waals surface area (Å²) in [7, 11) is -5.05. The van der Waals surface area contributed by atoms with Gasteiger partial charge in [-0.3, -0.25) is 8.37 Å². The maximum atomic E-state index is 10.9. The highest BCUT2D eigenvalue weighted by molar-refractivity contribution is 8.30. The van der Waals surface area contributed by atoms with Gasteiger partial charge in [-0.1, -0.05) is 0 Å². The third kappa shape index (κ3) is 12.7. The molecule has 8 heteroatoms. The fourth-order valence-electron chi connectivity index (χ4n) is 0.625.